The van der Waals surface area contributed by atoms with E-state index >= 15 is 0 Å². The number of rotatable bonds is 2. The predicted molar refractivity (Wildman–Crippen MR) is 46.1 cm³/mol. The molecule has 2 aliphatic heterocycles. The SMILES string of the molecule is C1=C(CC2=NCCO2)OCCC1. The van der Waals surface area contributed by atoms with Gasteiger partial charge in [-0.1, -0.05) is 0 Å². The first-order chi connectivity index (χ1) is 5.95. The molecule has 2 rings (SSSR count). The Morgan fingerprint density at radius 1 is 1.33 bits per heavy atom. The van der Waals surface area contributed by atoms with Gasteiger partial charge in [-0.2, -0.15) is 0 Å². The number of hydrogen-bond acceptors (Lipinski definition) is 3. The fourth-order valence-electron chi connectivity index (χ4n) is 1.37. The Morgan fingerprint density at radius 3 is 3.00 bits per heavy atom. The summed E-state index contributed by atoms with van der Waals surface area (Å²) in [6.45, 7) is 2.39. The second-order valence-electron chi connectivity index (χ2n) is 2.96. The molecule has 3 heteroatoms. The van der Waals surface area contributed by atoms with E-state index in [2.05, 4.69) is 11.1 Å². The standard InChI is InChI=1S/C9H13NO2/c1-2-5-11-8(3-1)7-9-10-4-6-12-9/h3H,1-2,4-7H2. The fraction of sp³-hybridized carbons (Fsp3) is 0.667. The second-order valence-corrected chi connectivity index (χ2v) is 2.96. The van der Waals surface area contributed by atoms with Crippen molar-refractivity contribution < 1.29 is 9.47 Å². The molecule has 0 saturated carbocycles. The van der Waals surface area contributed by atoms with Crippen molar-refractivity contribution in [3.63, 3.8) is 0 Å². The number of hydrogen-bond donors (Lipinski definition) is 0. The van der Waals surface area contributed by atoms with Crippen LogP contribution in [0.25, 0.3) is 0 Å². The number of allylic oxidation sites excluding steroid dienone is 1. The Hall–Kier alpha value is -0.990. The van der Waals surface area contributed by atoms with Gasteiger partial charge in [-0.3, -0.25) is 4.99 Å². The van der Waals surface area contributed by atoms with Crippen molar-refractivity contribution in [1.82, 2.24) is 0 Å². The highest BCUT2D eigenvalue weighted by atomic mass is 16.5. The van der Waals surface area contributed by atoms with Crippen LogP contribution in [-0.4, -0.2) is 25.7 Å². The summed E-state index contributed by atoms with van der Waals surface area (Å²) in [6, 6.07) is 0. The zero-order valence-electron chi connectivity index (χ0n) is 7.08. The average molecular weight is 167 g/mol. The topological polar surface area (TPSA) is 30.8 Å². The molecule has 0 aromatic carbocycles. The highest BCUT2D eigenvalue weighted by Gasteiger charge is 2.12. The molecule has 0 bridgehead atoms. The normalized spacial score (nSPS) is 22.3. The van der Waals surface area contributed by atoms with Crippen LogP contribution >= 0.6 is 0 Å². The van der Waals surface area contributed by atoms with Gasteiger partial charge in [0.1, 0.15) is 12.4 Å². The van der Waals surface area contributed by atoms with E-state index in [1.54, 1.807) is 0 Å². The van der Waals surface area contributed by atoms with Crippen molar-refractivity contribution in [2.45, 2.75) is 19.3 Å². The molecule has 3 nitrogen and oxygen atoms in total. The molecule has 0 amide bonds. The molecule has 0 radical (unpaired) electrons. The van der Waals surface area contributed by atoms with E-state index in [-0.39, 0.29) is 0 Å². The van der Waals surface area contributed by atoms with Crippen LogP contribution in [0.3, 0.4) is 0 Å². The van der Waals surface area contributed by atoms with Crippen molar-refractivity contribution in [2.24, 2.45) is 4.99 Å². The molecule has 0 fully saturated rings. The third kappa shape index (κ3) is 1.78. The maximum atomic E-state index is 5.44. The smallest absolute Gasteiger partial charge is 0.191 e. The van der Waals surface area contributed by atoms with E-state index in [1.165, 1.54) is 0 Å². The third-order valence-corrected chi connectivity index (χ3v) is 1.98. The quantitative estimate of drug-likeness (QED) is 0.624. The molecule has 0 unspecified atom stereocenters. The minimum absolute atomic E-state index is 0.739. The Bertz CT molecular complexity index is 221. The van der Waals surface area contributed by atoms with Crippen LogP contribution in [0.4, 0.5) is 0 Å². The zero-order chi connectivity index (χ0) is 8.23. The molecule has 0 atom stereocenters. The van der Waals surface area contributed by atoms with Crippen molar-refractivity contribution >= 4 is 5.90 Å². The van der Waals surface area contributed by atoms with Crippen LogP contribution in [0.5, 0.6) is 0 Å². The molecule has 0 spiro atoms. The largest absolute Gasteiger partial charge is 0.498 e. The Morgan fingerprint density at radius 2 is 2.33 bits per heavy atom. The lowest BCUT2D eigenvalue weighted by atomic mass is 10.2. The lowest BCUT2D eigenvalue weighted by molar-refractivity contribution is 0.187. The lowest BCUT2D eigenvalue weighted by Gasteiger charge is -2.14. The van der Waals surface area contributed by atoms with Gasteiger partial charge in [0.15, 0.2) is 5.90 Å². The van der Waals surface area contributed by atoms with Gasteiger partial charge >= 0.3 is 0 Å². The van der Waals surface area contributed by atoms with Crippen LogP contribution < -0.4 is 0 Å². The van der Waals surface area contributed by atoms with Crippen LogP contribution in [0, 0.1) is 0 Å². The lowest BCUT2D eigenvalue weighted by Crippen LogP contribution is -2.07. The predicted octanol–water partition coefficient (Wildman–Crippen LogP) is 1.50. The van der Waals surface area contributed by atoms with E-state index in [9.17, 15) is 0 Å². The molecule has 66 valence electrons. The van der Waals surface area contributed by atoms with Crippen LogP contribution in [0.2, 0.25) is 0 Å². The molecule has 12 heavy (non-hydrogen) atoms. The van der Waals surface area contributed by atoms with Gasteiger partial charge in [0.05, 0.1) is 19.6 Å². The van der Waals surface area contributed by atoms with Crippen molar-refractivity contribution in [1.29, 1.82) is 0 Å². The highest BCUT2D eigenvalue weighted by Crippen LogP contribution is 2.15. The maximum absolute atomic E-state index is 5.44. The van der Waals surface area contributed by atoms with Crippen molar-refractivity contribution in [2.75, 3.05) is 19.8 Å². The maximum Gasteiger partial charge on any atom is 0.191 e. The van der Waals surface area contributed by atoms with Gasteiger partial charge < -0.3 is 9.47 Å². The van der Waals surface area contributed by atoms with E-state index in [0.717, 1.165) is 50.7 Å². The molecule has 0 N–H and O–H groups in total. The summed E-state index contributed by atoms with van der Waals surface area (Å²) in [4.78, 5) is 4.20. The monoisotopic (exact) mass is 167 g/mol. The Kier molecular flexibility index (Phi) is 2.30. The summed E-state index contributed by atoms with van der Waals surface area (Å²) < 4.78 is 10.7. The minimum Gasteiger partial charge on any atom is -0.498 e. The summed E-state index contributed by atoms with van der Waals surface area (Å²) in [5.41, 5.74) is 0. The van der Waals surface area contributed by atoms with Gasteiger partial charge in [0.2, 0.25) is 0 Å². The first-order valence-electron chi connectivity index (χ1n) is 4.43. The zero-order valence-corrected chi connectivity index (χ0v) is 7.08. The first kappa shape index (κ1) is 7.65. The Labute approximate surface area is 72.1 Å². The van der Waals surface area contributed by atoms with Gasteiger partial charge in [-0.05, 0) is 18.9 Å². The molecule has 0 aliphatic carbocycles. The van der Waals surface area contributed by atoms with Crippen LogP contribution in [0.15, 0.2) is 16.8 Å². The van der Waals surface area contributed by atoms with Crippen molar-refractivity contribution in [3.8, 4) is 0 Å². The number of nitrogens with zero attached hydrogens (tertiary/aromatic N) is 1. The van der Waals surface area contributed by atoms with Gasteiger partial charge in [-0.25, -0.2) is 0 Å². The molecule has 2 aliphatic rings. The van der Waals surface area contributed by atoms with Gasteiger partial charge in [0.25, 0.3) is 0 Å². The minimum atomic E-state index is 0.739. The van der Waals surface area contributed by atoms with Gasteiger partial charge in [0, 0.05) is 0 Å². The summed E-state index contributed by atoms with van der Waals surface area (Å²) in [5.74, 6) is 1.87. The molecular formula is C9H13NO2. The number of ether oxygens (including phenoxy) is 2. The van der Waals surface area contributed by atoms with Crippen molar-refractivity contribution in [3.05, 3.63) is 11.8 Å². The molecule has 2 heterocycles. The summed E-state index contributed by atoms with van der Waals surface area (Å²) >= 11 is 0. The summed E-state index contributed by atoms with van der Waals surface area (Å²) in [6.07, 6.45) is 5.15. The van der Waals surface area contributed by atoms with Crippen LogP contribution in [-0.2, 0) is 9.47 Å². The molecular weight excluding hydrogens is 154 g/mol. The van der Waals surface area contributed by atoms with E-state index < -0.39 is 0 Å². The van der Waals surface area contributed by atoms with Crippen LogP contribution in [0.1, 0.15) is 19.3 Å². The number of aliphatic imine (C=N–C) groups is 1. The first-order valence-corrected chi connectivity index (χ1v) is 4.43. The molecule has 0 saturated heterocycles. The summed E-state index contributed by atoms with van der Waals surface area (Å²) in [5, 5.41) is 0. The average Bonchev–Trinajstić information content (AvgIpc) is 2.59. The molecule has 0 aromatic heterocycles. The highest BCUT2D eigenvalue weighted by molar-refractivity contribution is 5.79. The third-order valence-electron chi connectivity index (χ3n) is 1.98. The summed E-state index contributed by atoms with van der Waals surface area (Å²) in [7, 11) is 0. The Balaban J connectivity index is 1.88. The van der Waals surface area contributed by atoms with Gasteiger partial charge in [-0.15, -0.1) is 0 Å². The molecule has 0 aromatic rings. The van der Waals surface area contributed by atoms with E-state index in [4.69, 9.17) is 9.47 Å². The second kappa shape index (κ2) is 3.61. The fourth-order valence-corrected chi connectivity index (χ4v) is 1.37. The van der Waals surface area contributed by atoms with E-state index in [0.29, 0.717) is 0 Å². The van der Waals surface area contributed by atoms with E-state index in [1.807, 2.05) is 0 Å².